The molecule has 0 aliphatic heterocycles. The Morgan fingerprint density at radius 1 is 1.38 bits per heavy atom. The fraction of sp³-hybridized carbons (Fsp3) is 0.538. The van der Waals surface area contributed by atoms with E-state index in [0.717, 1.165) is 0 Å². The Balaban J connectivity index is 1.89. The molecule has 2 amide bonds. The molecule has 2 unspecified atom stereocenters. The first-order valence-corrected chi connectivity index (χ1v) is 6.76. The molecule has 0 aromatic carbocycles. The zero-order valence-corrected chi connectivity index (χ0v) is 11.7. The molecule has 1 aliphatic carbocycles. The van der Waals surface area contributed by atoms with E-state index in [-0.39, 0.29) is 24.3 Å². The Labute approximate surface area is 121 Å². The van der Waals surface area contributed by atoms with Crippen molar-refractivity contribution in [3.05, 3.63) is 12.4 Å². The Hall–Kier alpha value is -2.38. The maximum atomic E-state index is 12.1. The van der Waals surface area contributed by atoms with Gasteiger partial charge in [-0.2, -0.15) is 5.10 Å². The summed E-state index contributed by atoms with van der Waals surface area (Å²) in [6.07, 6.45) is 4.51. The summed E-state index contributed by atoms with van der Waals surface area (Å²) < 4.78 is 1.42. The standard InChI is InChI=1S/C13H18N4O4/c1-14-11(18)7-17-6-10(5-15-17)16-12(19)8-2-3-9(4-8)13(20)21/h5-6,8-9H,2-4,7H2,1H3,(H,14,18)(H,16,19)(H,20,21). The van der Waals surface area contributed by atoms with E-state index in [9.17, 15) is 14.4 Å². The quantitative estimate of drug-likeness (QED) is 0.711. The van der Waals surface area contributed by atoms with Crippen LogP contribution in [-0.4, -0.2) is 39.7 Å². The molecule has 1 fully saturated rings. The van der Waals surface area contributed by atoms with Gasteiger partial charge in [0.15, 0.2) is 0 Å². The van der Waals surface area contributed by atoms with E-state index in [1.54, 1.807) is 6.20 Å². The van der Waals surface area contributed by atoms with E-state index in [2.05, 4.69) is 15.7 Å². The molecular formula is C13H18N4O4. The maximum Gasteiger partial charge on any atom is 0.306 e. The molecule has 8 heteroatoms. The maximum absolute atomic E-state index is 12.1. The smallest absolute Gasteiger partial charge is 0.306 e. The number of carbonyl (C=O) groups is 3. The number of carboxylic acids is 1. The minimum Gasteiger partial charge on any atom is -0.481 e. The minimum absolute atomic E-state index is 0.0802. The fourth-order valence-electron chi connectivity index (χ4n) is 2.43. The Morgan fingerprint density at radius 3 is 2.71 bits per heavy atom. The Morgan fingerprint density at radius 2 is 2.10 bits per heavy atom. The van der Waals surface area contributed by atoms with Gasteiger partial charge in [0.05, 0.1) is 17.8 Å². The van der Waals surface area contributed by atoms with Crippen LogP contribution in [0.15, 0.2) is 12.4 Å². The summed E-state index contributed by atoms with van der Waals surface area (Å²) in [4.78, 5) is 34.1. The molecule has 8 nitrogen and oxygen atoms in total. The number of carboxylic acid groups (broad SMARTS) is 1. The average molecular weight is 294 g/mol. The summed E-state index contributed by atoms with van der Waals surface area (Å²) in [6, 6.07) is 0. The van der Waals surface area contributed by atoms with Crippen LogP contribution in [0.3, 0.4) is 0 Å². The summed E-state index contributed by atoms with van der Waals surface area (Å²) in [5, 5.41) is 18.1. The second kappa shape index (κ2) is 6.38. The molecule has 2 rings (SSSR count). The summed E-state index contributed by atoms with van der Waals surface area (Å²) in [7, 11) is 1.54. The molecular weight excluding hydrogens is 276 g/mol. The van der Waals surface area contributed by atoms with Gasteiger partial charge in [-0.25, -0.2) is 0 Å². The number of hydrogen-bond acceptors (Lipinski definition) is 4. The molecule has 0 saturated heterocycles. The van der Waals surface area contributed by atoms with Crippen molar-refractivity contribution in [2.45, 2.75) is 25.8 Å². The molecule has 1 heterocycles. The minimum atomic E-state index is -0.844. The lowest BCUT2D eigenvalue weighted by atomic mass is 10.0. The van der Waals surface area contributed by atoms with E-state index < -0.39 is 11.9 Å². The number of likely N-dealkylation sites (N-methyl/N-ethyl adjacent to an activating group) is 1. The lowest BCUT2D eigenvalue weighted by molar-refractivity contribution is -0.141. The van der Waals surface area contributed by atoms with Crippen LogP contribution in [0.4, 0.5) is 5.69 Å². The van der Waals surface area contributed by atoms with Gasteiger partial charge in [-0.3, -0.25) is 19.1 Å². The average Bonchev–Trinajstić information content (AvgIpc) is 3.07. The number of aliphatic carboxylic acids is 1. The number of nitrogens with zero attached hydrogens (tertiary/aromatic N) is 2. The number of nitrogens with one attached hydrogen (secondary N) is 2. The fourth-order valence-corrected chi connectivity index (χ4v) is 2.43. The van der Waals surface area contributed by atoms with Gasteiger partial charge in [0, 0.05) is 19.2 Å². The van der Waals surface area contributed by atoms with Gasteiger partial charge in [0.25, 0.3) is 0 Å². The lowest BCUT2D eigenvalue weighted by Crippen LogP contribution is -2.23. The van der Waals surface area contributed by atoms with Crippen molar-refractivity contribution < 1.29 is 19.5 Å². The van der Waals surface area contributed by atoms with Crippen LogP contribution < -0.4 is 10.6 Å². The summed E-state index contributed by atoms with van der Waals surface area (Å²) in [6.45, 7) is 0.0802. The second-order valence-corrected chi connectivity index (χ2v) is 5.13. The Kier molecular flexibility index (Phi) is 4.56. The topological polar surface area (TPSA) is 113 Å². The number of carbonyl (C=O) groups excluding carboxylic acids is 2. The largest absolute Gasteiger partial charge is 0.481 e. The molecule has 21 heavy (non-hydrogen) atoms. The van der Waals surface area contributed by atoms with Gasteiger partial charge in [-0.1, -0.05) is 0 Å². The molecule has 114 valence electrons. The van der Waals surface area contributed by atoms with E-state index in [0.29, 0.717) is 24.9 Å². The third-order valence-corrected chi connectivity index (χ3v) is 3.64. The number of aromatic nitrogens is 2. The third kappa shape index (κ3) is 3.80. The van der Waals surface area contributed by atoms with Gasteiger partial charge in [-0.15, -0.1) is 0 Å². The lowest BCUT2D eigenvalue weighted by Gasteiger charge is -2.09. The summed E-state index contributed by atoms with van der Waals surface area (Å²) in [5.41, 5.74) is 0.502. The predicted octanol–water partition coefficient (Wildman–Crippen LogP) is 0.0685. The van der Waals surface area contributed by atoms with Crippen molar-refractivity contribution in [3.63, 3.8) is 0 Å². The number of hydrogen-bond donors (Lipinski definition) is 3. The van der Waals surface area contributed by atoms with Crippen molar-refractivity contribution in [1.29, 1.82) is 0 Å². The molecule has 1 aliphatic rings. The summed E-state index contributed by atoms with van der Waals surface area (Å²) in [5.74, 6) is -1.94. The van der Waals surface area contributed by atoms with Crippen molar-refractivity contribution in [2.24, 2.45) is 11.8 Å². The van der Waals surface area contributed by atoms with Crippen molar-refractivity contribution in [3.8, 4) is 0 Å². The van der Waals surface area contributed by atoms with Gasteiger partial charge in [0.1, 0.15) is 6.54 Å². The van der Waals surface area contributed by atoms with Crippen LogP contribution in [0, 0.1) is 11.8 Å². The number of anilines is 1. The Bertz CT molecular complexity index is 554. The van der Waals surface area contributed by atoms with Gasteiger partial charge in [-0.05, 0) is 19.3 Å². The SMILES string of the molecule is CNC(=O)Cn1cc(NC(=O)C2CCC(C(=O)O)C2)cn1. The van der Waals surface area contributed by atoms with Crippen molar-refractivity contribution in [1.82, 2.24) is 15.1 Å². The van der Waals surface area contributed by atoms with Crippen molar-refractivity contribution >= 4 is 23.5 Å². The van der Waals surface area contributed by atoms with E-state index in [1.165, 1.54) is 17.9 Å². The van der Waals surface area contributed by atoms with Crippen LogP contribution in [0.2, 0.25) is 0 Å². The highest BCUT2D eigenvalue weighted by Gasteiger charge is 2.33. The normalized spacial score (nSPS) is 21.0. The highest BCUT2D eigenvalue weighted by Crippen LogP contribution is 2.31. The molecule has 1 saturated carbocycles. The number of rotatable bonds is 5. The summed E-state index contributed by atoms with van der Waals surface area (Å²) >= 11 is 0. The molecule has 1 aromatic rings. The molecule has 2 atom stereocenters. The van der Waals surface area contributed by atoms with Crippen LogP contribution in [-0.2, 0) is 20.9 Å². The zero-order chi connectivity index (χ0) is 15.4. The van der Waals surface area contributed by atoms with Gasteiger partial charge in [0.2, 0.25) is 11.8 Å². The second-order valence-electron chi connectivity index (χ2n) is 5.13. The third-order valence-electron chi connectivity index (χ3n) is 3.64. The van der Waals surface area contributed by atoms with E-state index >= 15 is 0 Å². The van der Waals surface area contributed by atoms with Crippen LogP contribution in [0.25, 0.3) is 0 Å². The van der Waals surface area contributed by atoms with E-state index in [4.69, 9.17) is 5.11 Å². The highest BCUT2D eigenvalue weighted by molar-refractivity contribution is 5.93. The first kappa shape index (κ1) is 15.0. The molecule has 0 spiro atoms. The van der Waals surface area contributed by atoms with Gasteiger partial charge < -0.3 is 15.7 Å². The predicted molar refractivity (Wildman–Crippen MR) is 73.4 cm³/mol. The monoisotopic (exact) mass is 294 g/mol. The molecule has 0 bridgehead atoms. The zero-order valence-electron chi connectivity index (χ0n) is 11.7. The van der Waals surface area contributed by atoms with Crippen molar-refractivity contribution in [2.75, 3.05) is 12.4 Å². The molecule has 0 radical (unpaired) electrons. The van der Waals surface area contributed by atoms with Crippen LogP contribution in [0.1, 0.15) is 19.3 Å². The number of amides is 2. The first-order chi connectivity index (χ1) is 9.99. The first-order valence-electron chi connectivity index (χ1n) is 6.76. The van der Waals surface area contributed by atoms with Crippen LogP contribution in [0.5, 0.6) is 0 Å². The van der Waals surface area contributed by atoms with Gasteiger partial charge >= 0.3 is 5.97 Å². The molecule has 1 aromatic heterocycles. The highest BCUT2D eigenvalue weighted by atomic mass is 16.4. The van der Waals surface area contributed by atoms with Crippen LogP contribution >= 0.6 is 0 Å². The molecule has 3 N–H and O–H groups in total. The van der Waals surface area contributed by atoms with E-state index in [1.807, 2.05) is 0 Å².